The Kier molecular flexibility index (Phi) is 5.32. The predicted molar refractivity (Wildman–Crippen MR) is 112 cm³/mol. The Labute approximate surface area is 173 Å². The van der Waals surface area contributed by atoms with Crippen LogP contribution in [0.3, 0.4) is 0 Å². The molecule has 0 aromatic heterocycles. The first-order valence-electron chi connectivity index (χ1n) is 10.9. The maximum absolute atomic E-state index is 13.4. The molecule has 0 saturated carbocycles. The number of carboxylic acid groups (broad SMARTS) is 1. The van der Waals surface area contributed by atoms with Crippen molar-refractivity contribution in [2.45, 2.75) is 77.0 Å². The topological polar surface area (TPSA) is 72.9 Å². The van der Waals surface area contributed by atoms with Gasteiger partial charge in [-0.1, -0.05) is 45.0 Å². The van der Waals surface area contributed by atoms with Crippen LogP contribution in [0.15, 0.2) is 24.3 Å². The molecule has 6 nitrogen and oxygen atoms in total. The Balaban J connectivity index is 1.61. The number of piperazine rings is 1. The number of carbonyl (C=O) groups excluding carboxylic acids is 1. The van der Waals surface area contributed by atoms with Gasteiger partial charge in [0.15, 0.2) is 0 Å². The van der Waals surface area contributed by atoms with Crippen molar-refractivity contribution in [1.29, 1.82) is 0 Å². The molecule has 2 saturated heterocycles. The average molecular weight is 400 g/mol. The summed E-state index contributed by atoms with van der Waals surface area (Å²) in [7, 11) is 0. The summed E-state index contributed by atoms with van der Waals surface area (Å²) in [4.78, 5) is 29.6. The van der Waals surface area contributed by atoms with Crippen LogP contribution in [0.25, 0.3) is 0 Å². The highest BCUT2D eigenvalue weighted by Crippen LogP contribution is 2.39. The highest BCUT2D eigenvalue weighted by atomic mass is 16.4. The van der Waals surface area contributed by atoms with Crippen molar-refractivity contribution in [3.8, 4) is 0 Å². The molecule has 0 radical (unpaired) electrons. The fourth-order valence-electron chi connectivity index (χ4n) is 5.75. The van der Waals surface area contributed by atoms with Crippen molar-refractivity contribution >= 4 is 12.0 Å². The molecular weight excluding hydrogens is 366 g/mol. The number of hydrogen-bond acceptors (Lipinski definition) is 3. The van der Waals surface area contributed by atoms with Gasteiger partial charge in [-0.25, -0.2) is 4.79 Å². The zero-order chi connectivity index (χ0) is 20.8. The second-order valence-corrected chi connectivity index (χ2v) is 9.87. The van der Waals surface area contributed by atoms with E-state index in [0.717, 1.165) is 38.6 Å². The largest absolute Gasteiger partial charge is 0.465 e. The van der Waals surface area contributed by atoms with Crippen molar-refractivity contribution < 1.29 is 14.7 Å². The van der Waals surface area contributed by atoms with E-state index < -0.39 is 12.1 Å². The third-order valence-electron chi connectivity index (χ3n) is 6.92. The minimum absolute atomic E-state index is 0.0347. The van der Waals surface area contributed by atoms with Gasteiger partial charge in [-0.2, -0.15) is 0 Å². The van der Waals surface area contributed by atoms with Gasteiger partial charge in [0, 0.05) is 12.6 Å². The molecule has 1 aliphatic carbocycles. The fraction of sp³-hybridized carbons (Fsp3) is 0.652. The molecule has 1 aromatic carbocycles. The number of carbonyl (C=O) groups is 2. The van der Waals surface area contributed by atoms with Crippen molar-refractivity contribution in [3.63, 3.8) is 0 Å². The van der Waals surface area contributed by atoms with Gasteiger partial charge in [0.25, 0.3) is 0 Å². The highest BCUT2D eigenvalue weighted by molar-refractivity contribution is 5.86. The number of rotatable bonds is 2. The molecule has 4 atom stereocenters. The quantitative estimate of drug-likeness (QED) is 0.799. The van der Waals surface area contributed by atoms with Gasteiger partial charge < -0.3 is 10.4 Å². The van der Waals surface area contributed by atoms with Gasteiger partial charge in [0.05, 0.1) is 12.1 Å². The lowest BCUT2D eigenvalue weighted by atomic mass is 9.78. The van der Waals surface area contributed by atoms with E-state index in [9.17, 15) is 14.7 Å². The van der Waals surface area contributed by atoms with E-state index in [2.05, 4.69) is 43.1 Å². The van der Waals surface area contributed by atoms with E-state index in [-0.39, 0.29) is 29.4 Å². The number of amides is 2. The molecule has 0 bridgehead atoms. The van der Waals surface area contributed by atoms with Crippen LogP contribution in [-0.2, 0) is 11.2 Å². The van der Waals surface area contributed by atoms with E-state index in [1.54, 1.807) is 0 Å². The number of nitrogens with one attached hydrogen (secondary N) is 1. The average Bonchev–Trinajstić information content (AvgIpc) is 3.14. The molecule has 1 aromatic rings. The first-order chi connectivity index (χ1) is 13.8. The van der Waals surface area contributed by atoms with E-state index in [0.29, 0.717) is 6.54 Å². The molecule has 2 amide bonds. The molecule has 0 spiro atoms. The van der Waals surface area contributed by atoms with Crippen LogP contribution in [0, 0.1) is 5.41 Å². The molecule has 4 rings (SSSR count). The third-order valence-corrected chi connectivity index (χ3v) is 6.92. The van der Waals surface area contributed by atoms with Crippen molar-refractivity contribution in [3.05, 3.63) is 35.4 Å². The second kappa shape index (κ2) is 7.63. The van der Waals surface area contributed by atoms with Crippen LogP contribution in [0.5, 0.6) is 0 Å². The number of benzene rings is 1. The minimum atomic E-state index is -0.985. The molecule has 158 valence electrons. The Morgan fingerprint density at radius 1 is 1.14 bits per heavy atom. The molecule has 2 aliphatic heterocycles. The molecule has 2 heterocycles. The van der Waals surface area contributed by atoms with Crippen molar-refractivity contribution in [1.82, 2.24) is 15.1 Å². The van der Waals surface area contributed by atoms with Crippen LogP contribution in [-0.4, -0.2) is 58.1 Å². The first-order valence-corrected chi connectivity index (χ1v) is 10.9. The zero-order valence-corrected chi connectivity index (χ0v) is 17.7. The molecule has 2 fully saturated rings. The summed E-state index contributed by atoms with van der Waals surface area (Å²) < 4.78 is 0. The molecular formula is C23H33N3O3. The van der Waals surface area contributed by atoms with Crippen LogP contribution >= 0.6 is 0 Å². The third kappa shape index (κ3) is 3.75. The number of fused-ring (bicyclic) bond motifs is 2. The summed E-state index contributed by atoms with van der Waals surface area (Å²) in [5.41, 5.74) is 2.23. The monoisotopic (exact) mass is 399 g/mol. The van der Waals surface area contributed by atoms with Crippen LogP contribution in [0.1, 0.15) is 63.6 Å². The van der Waals surface area contributed by atoms with Gasteiger partial charge >= 0.3 is 6.09 Å². The summed E-state index contributed by atoms with van der Waals surface area (Å²) in [6, 6.07) is 7.57. The molecule has 6 heteroatoms. The molecule has 29 heavy (non-hydrogen) atoms. The van der Waals surface area contributed by atoms with Crippen LogP contribution < -0.4 is 5.32 Å². The second-order valence-electron chi connectivity index (χ2n) is 9.87. The normalized spacial score (nSPS) is 29.8. The maximum Gasteiger partial charge on any atom is 0.408 e. The van der Waals surface area contributed by atoms with Crippen LogP contribution in [0.2, 0.25) is 0 Å². The van der Waals surface area contributed by atoms with E-state index in [1.807, 2.05) is 12.1 Å². The standard InChI is InChI=1S/C23H33N3O3/c1-23(2,3)20-18-12-7-13-25(18)14-19(26(20)22(28)29)21(27)24-17-11-6-9-15-8-4-5-10-16(15)17/h4-5,8,10,17-20H,6-7,9,11-14H2,1-3H3,(H,24,27)(H,28,29)/t17-,18+,19+,20?/m1/s1. The summed E-state index contributed by atoms with van der Waals surface area (Å²) in [6.45, 7) is 7.69. The Bertz CT molecular complexity index is 788. The van der Waals surface area contributed by atoms with E-state index in [4.69, 9.17) is 0 Å². The van der Waals surface area contributed by atoms with Crippen LogP contribution in [0.4, 0.5) is 4.79 Å². The summed E-state index contributed by atoms with van der Waals surface area (Å²) in [5.74, 6) is -0.159. The highest BCUT2D eigenvalue weighted by Gasteiger charge is 2.52. The Hall–Kier alpha value is -2.08. The SMILES string of the molecule is CC(C)(C)C1[C@@H]2CCCN2C[C@@H](C(=O)N[C@@H]2CCCc3ccccc32)N1C(=O)O. The fourth-order valence-corrected chi connectivity index (χ4v) is 5.75. The van der Waals surface area contributed by atoms with E-state index in [1.165, 1.54) is 16.0 Å². The minimum Gasteiger partial charge on any atom is -0.465 e. The lowest BCUT2D eigenvalue weighted by molar-refractivity contribution is -0.134. The van der Waals surface area contributed by atoms with Gasteiger partial charge in [0.2, 0.25) is 5.91 Å². The van der Waals surface area contributed by atoms with Gasteiger partial charge in [-0.05, 0) is 55.2 Å². The Morgan fingerprint density at radius 2 is 1.90 bits per heavy atom. The smallest absolute Gasteiger partial charge is 0.408 e. The van der Waals surface area contributed by atoms with Gasteiger partial charge in [0.1, 0.15) is 6.04 Å². The Morgan fingerprint density at radius 3 is 2.62 bits per heavy atom. The summed E-state index contributed by atoms with van der Waals surface area (Å²) in [6.07, 6.45) is 4.05. The molecule has 2 N–H and O–H groups in total. The lowest BCUT2D eigenvalue weighted by Crippen LogP contribution is -2.70. The summed E-state index contributed by atoms with van der Waals surface area (Å²) >= 11 is 0. The van der Waals surface area contributed by atoms with Gasteiger partial charge in [-0.15, -0.1) is 0 Å². The van der Waals surface area contributed by atoms with Crippen molar-refractivity contribution in [2.75, 3.05) is 13.1 Å². The predicted octanol–water partition coefficient (Wildman–Crippen LogP) is 3.42. The molecule has 3 aliphatic rings. The number of hydrogen-bond donors (Lipinski definition) is 2. The van der Waals surface area contributed by atoms with E-state index >= 15 is 0 Å². The number of nitrogens with zero attached hydrogens (tertiary/aromatic N) is 2. The van der Waals surface area contributed by atoms with Crippen molar-refractivity contribution in [2.24, 2.45) is 5.41 Å². The first kappa shape index (κ1) is 20.2. The lowest BCUT2D eigenvalue weighted by Gasteiger charge is -2.52. The summed E-state index contributed by atoms with van der Waals surface area (Å²) in [5, 5.41) is 13.3. The molecule has 1 unspecified atom stereocenters. The zero-order valence-electron chi connectivity index (χ0n) is 17.7. The number of aryl methyl sites for hydroxylation is 1. The maximum atomic E-state index is 13.4. The van der Waals surface area contributed by atoms with Gasteiger partial charge in [-0.3, -0.25) is 14.6 Å².